The van der Waals surface area contributed by atoms with E-state index in [0.717, 1.165) is 0 Å². The lowest BCUT2D eigenvalue weighted by atomic mass is 10.0. The van der Waals surface area contributed by atoms with E-state index in [0.29, 0.717) is 18.5 Å². The maximum atomic E-state index is 13.0. The molecule has 0 spiro atoms. The number of carbonyl (C=O) groups excluding carboxylic acids is 4. The molecule has 4 amide bonds. The van der Waals surface area contributed by atoms with Crippen molar-refractivity contribution in [3.63, 3.8) is 0 Å². The molecule has 0 saturated carbocycles. The van der Waals surface area contributed by atoms with Crippen LogP contribution in [0.5, 0.6) is 0 Å². The molecule has 0 bridgehead atoms. The largest absolute Gasteiger partial charge is 0.480 e. The lowest BCUT2D eigenvalue weighted by molar-refractivity contribution is -0.143. The van der Waals surface area contributed by atoms with Gasteiger partial charge in [0.25, 0.3) is 0 Å². The number of likely N-dealkylation sites (tertiary alicyclic amines) is 1. The zero-order valence-corrected chi connectivity index (χ0v) is 19.3. The predicted octanol–water partition coefficient (Wildman–Crippen LogP) is -1.75. The molecule has 8 N–H and O–H groups in total. The van der Waals surface area contributed by atoms with E-state index >= 15 is 0 Å². The summed E-state index contributed by atoms with van der Waals surface area (Å²) in [5.41, 5.74) is 11.4. The van der Waals surface area contributed by atoms with Crippen LogP contribution >= 0.6 is 0 Å². The molecule has 1 aliphatic heterocycles. The number of imidazole rings is 1. The highest BCUT2D eigenvalue weighted by atomic mass is 16.4. The van der Waals surface area contributed by atoms with Crippen LogP contribution in [0.25, 0.3) is 0 Å². The number of rotatable bonds is 12. The molecule has 1 saturated heterocycles. The number of hydrogen-bond donors (Lipinski definition) is 6. The first-order valence-electron chi connectivity index (χ1n) is 11.1. The molecule has 4 atom stereocenters. The van der Waals surface area contributed by atoms with Crippen LogP contribution in [0.2, 0.25) is 0 Å². The molecule has 1 aromatic heterocycles. The molecule has 0 aliphatic carbocycles. The molecule has 2 heterocycles. The molecule has 0 aromatic carbocycles. The van der Waals surface area contributed by atoms with Crippen LogP contribution in [0.1, 0.15) is 45.2 Å². The Morgan fingerprint density at radius 1 is 1.24 bits per heavy atom. The number of aromatic amines is 1. The maximum Gasteiger partial charge on any atom is 0.326 e. The Balaban J connectivity index is 2.09. The minimum Gasteiger partial charge on any atom is -0.480 e. The fourth-order valence-corrected chi connectivity index (χ4v) is 3.88. The van der Waals surface area contributed by atoms with Crippen LogP contribution in [-0.4, -0.2) is 80.3 Å². The Morgan fingerprint density at radius 3 is 2.50 bits per heavy atom. The highest BCUT2D eigenvalue weighted by Crippen LogP contribution is 2.19. The second-order valence-electron chi connectivity index (χ2n) is 8.84. The number of aliphatic carboxylic acids is 1. The third kappa shape index (κ3) is 7.54. The van der Waals surface area contributed by atoms with E-state index in [-0.39, 0.29) is 31.7 Å². The second kappa shape index (κ2) is 12.1. The van der Waals surface area contributed by atoms with Crippen molar-refractivity contribution in [1.29, 1.82) is 0 Å². The molecule has 1 fully saturated rings. The minimum absolute atomic E-state index is 0.00786. The van der Waals surface area contributed by atoms with Crippen molar-refractivity contribution in [1.82, 2.24) is 25.5 Å². The molecule has 34 heavy (non-hydrogen) atoms. The number of nitrogens with one attached hydrogen (secondary N) is 3. The summed E-state index contributed by atoms with van der Waals surface area (Å²) in [5, 5.41) is 14.7. The molecule has 4 unspecified atom stereocenters. The molecule has 188 valence electrons. The molecule has 13 heteroatoms. The third-order valence-corrected chi connectivity index (χ3v) is 5.51. The Kier molecular flexibility index (Phi) is 9.54. The van der Waals surface area contributed by atoms with Crippen LogP contribution in [0, 0.1) is 5.92 Å². The smallest absolute Gasteiger partial charge is 0.326 e. The molecule has 2 rings (SSSR count). The van der Waals surface area contributed by atoms with Crippen molar-refractivity contribution in [3.05, 3.63) is 18.2 Å². The van der Waals surface area contributed by atoms with Gasteiger partial charge in [0.2, 0.25) is 23.6 Å². The van der Waals surface area contributed by atoms with Gasteiger partial charge in [-0.15, -0.1) is 0 Å². The summed E-state index contributed by atoms with van der Waals surface area (Å²) < 4.78 is 0. The predicted molar refractivity (Wildman–Crippen MR) is 120 cm³/mol. The number of nitrogens with two attached hydrogens (primary N) is 2. The van der Waals surface area contributed by atoms with Crippen LogP contribution < -0.4 is 22.1 Å². The van der Waals surface area contributed by atoms with Crippen molar-refractivity contribution in [2.24, 2.45) is 17.4 Å². The first-order chi connectivity index (χ1) is 16.0. The summed E-state index contributed by atoms with van der Waals surface area (Å²) in [4.78, 5) is 69.3. The summed E-state index contributed by atoms with van der Waals surface area (Å²) in [5.74, 6) is -3.69. The van der Waals surface area contributed by atoms with Crippen LogP contribution in [0.4, 0.5) is 0 Å². The fraction of sp³-hybridized carbons (Fsp3) is 0.619. The standard InChI is InChI=1S/C21H33N7O6/c1-11(2)6-14(18(30)27-15(21(33)34)7-12-9-24-10-25-12)26-19(31)16-4-3-5-28(16)20(32)13(22)8-17(23)29/h9-11,13-16H,3-8,22H2,1-2H3,(H2,23,29)(H,24,25)(H,26,31)(H,27,30)(H,33,34). The number of nitrogens with zero attached hydrogens (tertiary/aromatic N) is 2. The summed E-state index contributed by atoms with van der Waals surface area (Å²) >= 11 is 0. The van der Waals surface area contributed by atoms with Gasteiger partial charge in [0.05, 0.1) is 18.8 Å². The van der Waals surface area contributed by atoms with Crippen molar-refractivity contribution >= 4 is 29.6 Å². The summed E-state index contributed by atoms with van der Waals surface area (Å²) in [7, 11) is 0. The number of carboxylic acid groups (broad SMARTS) is 1. The van der Waals surface area contributed by atoms with E-state index in [1.54, 1.807) is 0 Å². The van der Waals surface area contributed by atoms with Crippen LogP contribution in [-0.2, 0) is 30.4 Å². The van der Waals surface area contributed by atoms with Crippen LogP contribution in [0.15, 0.2) is 12.5 Å². The third-order valence-electron chi connectivity index (χ3n) is 5.51. The Hall–Kier alpha value is -3.48. The topological polar surface area (TPSA) is 214 Å². The fourth-order valence-electron chi connectivity index (χ4n) is 3.88. The average Bonchev–Trinajstić information content (AvgIpc) is 3.43. The molecular formula is C21H33N7O6. The van der Waals surface area contributed by atoms with Crippen LogP contribution in [0.3, 0.4) is 0 Å². The summed E-state index contributed by atoms with van der Waals surface area (Å²) in [6, 6.07) is -4.24. The number of carbonyl (C=O) groups is 5. The highest BCUT2D eigenvalue weighted by Gasteiger charge is 2.38. The number of hydrogen-bond acceptors (Lipinski definition) is 7. The van der Waals surface area contributed by atoms with Gasteiger partial charge < -0.3 is 37.1 Å². The van der Waals surface area contributed by atoms with E-state index in [1.807, 2.05) is 13.8 Å². The number of aromatic nitrogens is 2. The second-order valence-corrected chi connectivity index (χ2v) is 8.84. The zero-order valence-electron chi connectivity index (χ0n) is 19.3. The number of H-pyrrole nitrogens is 1. The van der Waals surface area contributed by atoms with Gasteiger partial charge in [-0.2, -0.15) is 0 Å². The van der Waals surface area contributed by atoms with Gasteiger partial charge in [-0.05, 0) is 25.2 Å². The van der Waals surface area contributed by atoms with Gasteiger partial charge in [-0.3, -0.25) is 19.2 Å². The molecular weight excluding hydrogens is 446 g/mol. The summed E-state index contributed by atoms with van der Waals surface area (Å²) in [6.45, 7) is 4.01. The van der Waals surface area contributed by atoms with Gasteiger partial charge in [-0.25, -0.2) is 9.78 Å². The van der Waals surface area contributed by atoms with E-state index in [4.69, 9.17) is 11.5 Å². The first-order valence-corrected chi connectivity index (χ1v) is 11.1. The SMILES string of the molecule is CC(C)CC(NC(=O)C1CCCN1C(=O)C(N)CC(N)=O)C(=O)NC(Cc1cnc[nH]1)C(=O)O. The van der Waals surface area contributed by atoms with Gasteiger partial charge >= 0.3 is 5.97 Å². The zero-order chi connectivity index (χ0) is 25.4. The molecule has 13 nitrogen and oxygen atoms in total. The minimum atomic E-state index is -1.23. The highest BCUT2D eigenvalue weighted by molar-refractivity contribution is 5.95. The molecule has 0 radical (unpaired) electrons. The van der Waals surface area contributed by atoms with Crippen molar-refractivity contribution in [2.75, 3.05) is 6.54 Å². The van der Waals surface area contributed by atoms with E-state index in [1.165, 1.54) is 17.4 Å². The summed E-state index contributed by atoms with van der Waals surface area (Å²) in [6.07, 6.45) is 3.71. The number of amides is 4. The van der Waals surface area contributed by atoms with Gasteiger partial charge in [0.1, 0.15) is 18.1 Å². The lowest BCUT2D eigenvalue weighted by Crippen LogP contribution is -2.57. The quantitative estimate of drug-likeness (QED) is 0.202. The maximum absolute atomic E-state index is 13.0. The Morgan fingerprint density at radius 2 is 1.94 bits per heavy atom. The van der Waals surface area contributed by atoms with E-state index in [9.17, 15) is 29.1 Å². The van der Waals surface area contributed by atoms with E-state index < -0.39 is 53.8 Å². The Bertz CT molecular complexity index is 888. The van der Waals surface area contributed by atoms with Crippen molar-refractivity contribution in [2.45, 2.75) is 70.1 Å². The average molecular weight is 480 g/mol. The normalized spacial score (nSPS) is 18.2. The van der Waals surface area contributed by atoms with Gasteiger partial charge in [-0.1, -0.05) is 13.8 Å². The number of primary amides is 1. The van der Waals surface area contributed by atoms with Crippen molar-refractivity contribution in [3.8, 4) is 0 Å². The molecule has 1 aliphatic rings. The molecule has 1 aromatic rings. The van der Waals surface area contributed by atoms with E-state index in [2.05, 4.69) is 20.6 Å². The number of carboxylic acids is 1. The van der Waals surface area contributed by atoms with Gasteiger partial charge in [0.15, 0.2) is 0 Å². The first kappa shape index (κ1) is 26.8. The monoisotopic (exact) mass is 479 g/mol. The lowest BCUT2D eigenvalue weighted by Gasteiger charge is -2.29. The van der Waals surface area contributed by atoms with Crippen molar-refractivity contribution < 1.29 is 29.1 Å². The van der Waals surface area contributed by atoms with Gasteiger partial charge in [0, 0.05) is 24.9 Å². The Labute approximate surface area is 197 Å².